The number of nitrogens with zero attached hydrogens (tertiary/aromatic N) is 4. The fraction of sp³-hybridized carbons (Fsp3) is 0. The van der Waals surface area contributed by atoms with Crippen LogP contribution in [0.3, 0.4) is 0 Å². The number of nitro benzene ring substituents is 2. The largest absolute Gasteiger partial charge is 0.301 e. The highest BCUT2D eigenvalue weighted by Gasteiger charge is 2.32. The molecule has 34 heavy (non-hydrogen) atoms. The minimum Gasteiger partial charge on any atom is -0.266 e. The van der Waals surface area contributed by atoms with E-state index in [2.05, 4.69) is 10.4 Å². The lowest BCUT2D eigenvalue weighted by Gasteiger charge is -2.30. The molecule has 0 atom stereocenters. The summed E-state index contributed by atoms with van der Waals surface area (Å²) in [6.45, 7) is 0. The van der Waals surface area contributed by atoms with Gasteiger partial charge in [0.05, 0.1) is 15.9 Å². The molecule has 0 radical (unpaired) electrons. The average molecular weight is 498 g/mol. The molecule has 1 aliphatic heterocycles. The summed E-state index contributed by atoms with van der Waals surface area (Å²) in [4.78, 5) is 38.7. The van der Waals surface area contributed by atoms with E-state index in [-0.39, 0.29) is 17.2 Å². The Labute approximate surface area is 202 Å². The summed E-state index contributed by atoms with van der Waals surface area (Å²) >= 11 is 12.2. The van der Waals surface area contributed by atoms with Gasteiger partial charge in [0.2, 0.25) is 0 Å². The van der Waals surface area contributed by atoms with Crippen molar-refractivity contribution in [3.05, 3.63) is 114 Å². The standard InChI is InChI=1S/C22H13Cl2N5O5/c23-15-7-6-14(17(24)11-15)10-18-22(30)26-27(21(25-18)13-4-2-1-3-5-13)19-9-8-16(28(31)32)12-20(19)29(33)34/h1-12H,(H,26,30)/b18-10-. The first-order chi connectivity index (χ1) is 16.2. The van der Waals surface area contributed by atoms with Crippen molar-refractivity contribution in [1.29, 1.82) is 0 Å². The topological polar surface area (TPSA) is 131 Å². The summed E-state index contributed by atoms with van der Waals surface area (Å²) < 4.78 is 0. The van der Waals surface area contributed by atoms with Crippen molar-refractivity contribution in [2.24, 2.45) is 4.99 Å². The van der Waals surface area contributed by atoms with Crippen molar-refractivity contribution in [2.75, 3.05) is 5.01 Å². The zero-order valence-electron chi connectivity index (χ0n) is 17.0. The number of halogens is 2. The molecular formula is C22H13Cl2N5O5. The molecule has 3 aromatic carbocycles. The van der Waals surface area contributed by atoms with E-state index in [1.54, 1.807) is 42.5 Å². The summed E-state index contributed by atoms with van der Waals surface area (Å²) in [5.41, 5.74) is 2.44. The highest BCUT2D eigenvalue weighted by molar-refractivity contribution is 6.35. The van der Waals surface area contributed by atoms with Crippen molar-refractivity contribution >= 4 is 58.1 Å². The molecular weight excluding hydrogens is 485 g/mol. The molecule has 170 valence electrons. The quantitative estimate of drug-likeness (QED) is 0.294. The fourth-order valence-electron chi connectivity index (χ4n) is 3.21. The van der Waals surface area contributed by atoms with Gasteiger partial charge in [-0.1, -0.05) is 59.6 Å². The molecule has 0 unspecified atom stereocenters. The number of hydrogen-bond acceptors (Lipinski definition) is 7. The van der Waals surface area contributed by atoms with E-state index in [4.69, 9.17) is 23.2 Å². The van der Waals surface area contributed by atoms with Crippen LogP contribution in [0.5, 0.6) is 0 Å². The molecule has 1 amide bonds. The average Bonchev–Trinajstić information content (AvgIpc) is 2.81. The molecule has 0 spiro atoms. The predicted molar refractivity (Wildman–Crippen MR) is 128 cm³/mol. The minimum absolute atomic E-state index is 0.0103. The number of amides is 1. The van der Waals surface area contributed by atoms with E-state index in [0.29, 0.717) is 21.2 Å². The molecule has 3 aromatic rings. The molecule has 0 saturated heterocycles. The van der Waals surface area contributed by atoms with Gasteiger partial charge in [0.25, 0.3) is 11.6 Å². The maximum Gasteiger partial charge on any atom is 0.301 e. The Hall–Kier alpha value is -4.28. The van der Waals surface area contributed by atoms with Gasteiger partial charge in [-0.3, -0.25) is 30.4 Å². The second-order valence-corrected chi connectivity index (χ2v) is 7.80. The Morgan fingerprint density at radius 3 is 2.32 bits per heavy atom. The van der Waals surface area contributed by atoms with Crippen LogP contribution in [0.15, 0.2) is 77.4 Å². The van der Waals surface area contributed by atoms with Crippen LogP contribution < -0.4 is 10.4 Å². The number of benzene rings is 3. The number of hydrogen-bond donors (Lipinski definition) is 1. The van der Waals surface area contributed by atoms with Crippen LogP contribution in [0, 0.1) is 20.2 Å². The first kappa shape index (κ1) is 22.9. The van der Waals surface area contributed by atoms with Gasteiger partial charge in [0.1, 0.15) is 11.4 Å². The van der Waals surface area contributed by atoms with Gasteiger partial charge >= 0.3 is 5.69 Å². The van der Waals surface area contributed by atoms with E-state index in [9.17, 15) is 25.0 Å². The molecule has 1 aliphatic rings. The molecule has 10 nitrogen and oxygen atoms in total. The van der Waals surface area contributed by atoms with Crippen LogP contribution >= 0.6 is 23.2 Å². The van der Waals surface area contributed by atoms with Crippen LogP contribution in [0.4, 0.5) is 17.1 Å². The molecule has 0 aromatic heterocycles. The highest BCUT2D eigenvalue weighted by Crippen LogP contribution is 2.34. The lowest BCUT2D eigenvalue weighted by atomic mass is 10.1. The smallest absolute Gasteiger partial charge is 0.266 e. The Morgan fingerprint density at radius 1 is 0.941 bits per heavy atom. The van der Waals surface area contributed by atoms with Gasteiger partial charge in [-0.05, 0) is 29.8 Å². The van der Waals surface area contributed by atoms with Crippen molar-refractivity contribution in [3.8, 4) is 0 Å². The summed E-state index contributed by atoms with van der Waals surface area (Å²) in [6, 6.07) is 16.5. The molecule has 12 heteroatoms. The van der Waals surface area contributed by atoms with E-state index in [0.717, 1.165) is 17.1 Å². The maximum atomic E-state index is 12.9. The maximum absolute atomic E-state index is 12.9. The Bertz CT molecular complexity index is 1390. The van der Waals surface area contributed by atoms with E-state index in [1.807, 2.05) is 0 Å². The van der Waals surface area contributed by atoms with Gasteiger partial charge in [-0.15, -0.1) is 0 Å². The molecule has 1 heterocycles. The van der Waals surface area contributed by atoms with E-state index >= 15 is 0 Å². The van der Waals surface area contributed by atoms with Crippen LogP contribution in [-0.2, 0) is 4.79 Å². The monoisotopic (exact) mass is 497 g/mol. The van der Waals surface area contributed by atoms with Crippen molar-refractivity contribution in [1.82, 2.24) is 5.43 Å². The number of amidine groups is 1. The second kappa shape index (κ2) is 9.30. The number of nitro groups is 2. The van der Waals surface area contributed by atoms with Gasteiger partial charge < -0.3 is 0 Å². The van der Waals surface area contributed by atoms with Gasteiger partial charge in [-0.2, -0.15) is 0 Å². The minimum atomic E-state index is -0.768. The summed E-state index contributed by atoms with van der Waals surface area (Å²) in [7, 11) is 0. The van der Waals surface area contributed by atoms with Gasteiger partial charge in [-0.25, -0.2) is 10.0 Å². The summed E-state index contributed by atoms with van der Waals surface area (Å²) in [5, 5.41) is 24.7. The number of carbonyl (C=O) groups excluding carboxylic acids is 1. The van der Waals surface area contributed by atoms with Crippen LogP contribution in [0.1, 0.15) is 11.1 Å². The van der Waals surface area contributed by atoms with Crippen LogP contribution in [0.2, 0.25) is 10.0 Å². The number of hydrazine groups is 1. The first-order valence-corrected chi connectivity index (χ1v) is 10.3. The second-order valence-electron chi connectivity index (χ2n) is 6.96. The molecule has 0 fully saturated rings. The number of rotatable bonds is 5. The predicted octanol–water partition coefficient (Wildman–Crippen LogP) is 5.15. The van der Waals surface area contributed by atoms with Crippen molar-refractivity contribution in [2.45, 2.75) is 0 Å². The molecule has 0 bridgehead atoms. The lowest BCUT2D eigenvalue weighted by molar-refractivity contribution is -0.393. The number of aliphatic imine (C=N–C) groups is 1. The SMILES string of the molecule is O=C1NN(c2ccc([N+](=O)[O-])cc2[N+](=O)[O-])C(c2ccccc2)=N/C1=C\c1ccc(Cl)cc1Cl. The number of non-ortho nitro benzene ring substituents is 1. The Kier molecular flexibility index (Phi) is 6.26. The lowest BCUT2D eigenvalue weighted by Crippen LogP contribution is -2.50. The van der Waals surface area contributed by atoms with Crippen LogP contribution in [0.25, 0.3) is 6.08 Å². The van der Waals surface area contributed by atoms with Crippen LogP contribution in [-0.4, -0.2) is 21.6 Å². The zero-order chi connectivity index (χ0) is 24.4. The number of nitrogens with one attached hydrogen (secondary N) is 1. The molecule has 4 rings (SSSR count). The Morgan fingerprint density at radius 2 is 1.68 bits per heavy atom. The van der Waals surface area contributed by atoms with E-state index in [1.165, 1.54) is 18.2 Å². The van der Waals surface area contributed by atoms with Gasteiger partial charge in [0.15, 0.2) is 5.84 Å². The molecule has 0 aliphatic carbocycles. The summed E-state index contributed by atoms with van der Waals surface area (Å²) in [6.07, 6.45) is 1.46. The van der Waals surface area contributed by atoms with Crippen molar-refractivity contribution in [3.63, 3.8) is 0 Å². The van der Waals surface area contributed by atoms with Crippen molar-refractivity contribution < 1.29 is 14.6 Å². The third-order valence-corrected chi connectivity index (χ3v) is 5.34. The number of carbonyl (C=O) groups is 1. The first-order valence-electron chi connectivity index (χ1n) is 9.59. The third kappa shape index (κ3) is 4.58. The third-order valence-electron chi connectivity index (χ3n) is 4.78. The highest BCUT2D eigenvalue weighted by atomic mass is 35.5. The normalized spacial score (nSPS) is 14.5. The van der Waals surface area contributed by atoms with E-state index < -0.39 is 27.1 Å². The van der Waals surface area contributed by atoms with Gasteiger partial charge in [0, 0.05) is 21.7 Å². The fourth-order valence-corrected chi connectivity index (χ4v) is 3.67. The Balaban J connectivity index is 1.89. The zero-order valence-corrected chi connectivity index (χ0v) is 18.5. The number of anilines is 1. The summed E-state index contributed by atoms with van der Waals surface area (Å²) in [5.74, 6) is -0.508. The molecule has 1 N–H and O–H groups in total. The molecule has 0 saturated carbocycles.